The fourth-order valence-electron chi connectivity index (χ4n) is 2.83. The molecular weight excluding hydrogens is 388 g/mol. The number of hydrogen-bond acceptors (Lipinski definition) is 5. The van der Waals surface area contributed by atoms with Crippen LogP contribution in [0.1, 0.15) is 32.2 Å². The number of benzene rings is 1. The average molecular weight is 425 g/mol. The van der Waals surface area contributed by atoms with E-state index in [2.05, 4.69) is 24.1 Å². The number of carbonyl (C=O) groups is 1. The highest BCUT2D eigenvalue weighted by Crippen LogP contribution is 2.33. The van der Waals surface area contributed by atoms with E-state index in [0.29, 0.717) is 26.2 Å². The normalized spacial score (nSPS) is 12.9. The molecule has 0 unspecified atom stereocenters. The lowest BCUT2D eigenvalue weighted by molar-refractivity contribution is 0.0528. The summed E-state index contributed by atoms with van der Waals surface area (Å²) in [7, 11) is -0.578. The van der Waals surface area contributed by atoms with Crippen molar-refractivity contribution in [1.82, 2.24) is 14.9 Å². The average Bonchev–Trinajstić information content (AvgIpc) is 2.95. The number of nitrogens with one attached hydrogen (secondary N) is 1. The molecule has 0 atom stereocenters. The zero-order valence-electron chi connectivity index (χ0n) is 18.6. The predicted octanol–water partition coefficient (Wildman–Crippen LogP) is 3.23. The number of imidazole rings is 1. The Balaban J connectivity index is 2.06. The van der Waals surface area contributed by atoms with Crippen molar-refractivity contribution in [2.75, 3.05) is 37.7 Å². The number of carbonyl (C=O) groups excluding carboxylic acids is 1. The molecule has 0 aliphatic carbocycles. The van der Waals surface area contributed by atoms with E-state index >= 15 is 0 Å². The van der Waals surface area contributed by atoms with E-state index in [4.69, 9.17) is 20.2 Å². The number of nitrogens with zero attached hydrogens (tertiary/aromatic N) is 2. The first kappa shape index (κ1) is 23.5. The molecule has 1 amide bonds. The Morgan fingerprint density at radius 3 is 2.62 bits per heavy atom. The molecule has 0 aliphatic rings. The molecule has 0 bridgehead atoms. The van der Waals surface area contributed by atoms with Crippen molar-refractivity contribution in [3.8, 4) is 0 Å². The third-order valence-corrected chi connectivity index (χ3v) is 5.64. The van der Waals surface area contributed by atoms with Gasteiger partial charge in [0.1, 0.15) is 18.2 Å². The van der Waals surface area contributed by atoms with Crippen LogP contribution >= 0.6 is 10.0 Å². The zero-order valence-corrected chi connectivity index (χ0v) is 19.4. The molecule has 29 heavy (non-hydrogen) atoms. The van der Waals surface area contributed by atoms with E-state index < -0.39 is 21.7 Å². The van der Waals surface area contributed by atoms with Gasteiger partial charge in [0, 0.05) is 12.3 Å². The summed E-state index contributed by atoms with van der Waals surface area (Å²) in [5, 5.41) is 2.80. The topological polar surface area (TPSA) is 91.4 Å². The van der Waals surface area contributed by atoms with Crippen LogP contribution in [0.25, 0.3) is 11.0 Å². The van der Waals surface area contributed by atoms with E-state index in [-0.39, 0.29) is 0 Å². The summed E-state index contributed by atoms with van der Waals surface area (Å²) in [5.41, 5.74) is 8.39. The summed E-state index contributed by atoms with van der Waals surface area (Å²) in [6, 6.07) is 6.06. The van der Waals surface area contributed by atoms with Crippen molar-refractivity contribution >= 4 is 27.2 Å². The maximum absolute atomic E-state index is 11.8. The van der Waals surface area contributed by atoms with Gasteiger partial charge in [0.2, 0.25) is 0 Å². The van der Waals surface area contributed by atoms with E-state index in [1.165, 1.54) is 0 Å². The van der Waals surface area contributed by atoms with E-state index in [0.717, 1.165) is 34.8 Å². The lowest BCUT2D eigenvalue weighted by Gasteiger charge is -2.24. The fraction of sp³-hybridized carbons (Fsp3) is 0.619. The maximum atomic E-state index is 11.8. The molecule has 1 aromatic carbocycles. The predicted molar refractivity (Wildman–Crippen MR) is 122 cm³/mol. The summed E-state index contributed by atoms with van der Waals surface area (Å²) < 4.78 is 13.2. The van der Waals surface area contributed by atoms with Gasteiger partial charge < -0.3 is 25.1 Å². The Kier molecular flexibility index (Phi) is 7.96. The standard InChI is InChI=1S/C21H36N4O3S/c1-21(2,3)28-20(26)23-11-10-16-8-7-9-17-19(16)24-18(14-22)25(17)15-27-12-13-29(4,5)6/h7-9H,10-15,22H2,1-6H3,(H,23,26). The second-order valence-electron chi connectivity index (χ2n) is 8.96. The highest BCUT2D eigenvalue weighted by Gasteiger charge is 2.16. The number of hydrogen-bond donors (Lipinski definition) is 2. The third-order valence-electron chi connectivity index (χ3n) is 4.25. The molecule has 0 saturated carbocycles. The van der Waals surface area contributed by atoms with Gasteiger partial charge in [-0.1, -0.05) is 12.1 Å². The van der Waals surface area contributed by atoms with Gasteiger partial charge in [0.05, 0.1) is 24.2 Å². The van der Waals surface area contributed by atoms with Gasteiger partial charge >= 0.3 is 6.09 Å². The summed E-state index contributed by atoms with van der Waals surface area (Å²) in [6.07, 6.45) is 7.10. The van der Waals surface area contributed by atoms with Gasteiger partial charge in [-0.05, 0) is 57.6 Å². The molecule has 164 valence electrons. The number of ether oxygens (including phenoxy) is 2. The maximum Gasteiger partial charge on any atom is 0.407 e. The summed E-state index contributed by atoms with van der Waals surface area (Å²) in [6.45, 7) is 7.53. The molecular formula is C21H36N4O3S. The molecule has 0 saturated heterocycles. The van der Waals surface area contributed by atoms with Gasteiger partial charge in [-0.2, -0.15) is 0 Å². The van der Waals surface area contributed by atoms with Crippen LogP contribution in [0.4, 0.5) is 4.79 Å². The Labute approximate surface area is 175 Å². The lowest BCUT2D eigenvalue weighted by atomic mass is 10.1. The first-order chi connectivity index (χ1) is 13.5. The van der Waals surface area contributed by atoms with Gasteiger partial charge in [-0.25, -0.2) is 19.8 Å². The molecule has 0 spiro atoms. The number of rotatable bonds is 9. The van der Waals surface area contributed by atoms with E-state index in [1.807, 2.05) is 43.5 Å². The van der Waals surface area contributed by atoms with Crippen molar-refractivity contribution in [2.45, 2.75) is 46.1 Å². The van der Waals surface area contributed by atoms with Crippen molar-refractivity contribution in [2.24, 2.45) is 5.73 Å². The molecule has 8 heteroatoms. The Morgan fingerprint density at radius 1 is 1.28 bits per heavy atom. The zero-order chi connectivity index (χ0) is 21.7. The molecule has 0 radical (unpaired) electrons. The SMILES string of the molecule is CC(C)(C)OC(=O)NCCc1cccc2c1nc(CN)n2COCCS(C)(C)C. The van der Waals surface area contributed by atoms with Crippen molar-refractivity contribution in [3.05, 3.63) is 29.6 Å². The van der Waals surface area contributed by atoms with Crippen molar-refractivity contribution < 1.29 is 14.3 Å². The van der Waals surface area contributed by atoms with E-state index in [1.54, 1.807) is 0 Å². The summed E-state index contributed by atoms with van der Waals surface area (Å²) >= 11 is 0. The van der Waals surface area contributed by atoms with Crippen LogP contribution in [0.15, 0.2) is 18.2 Å². The van der Waals surface area contributed by atoms with Crippen LogP contribution < -0.4 is 11.1 Å². The number of para-hydroxylation sites is 1. The first-order valence-corrected chi connectivity index (χ1v) is 12.9. The molecule has 3 N–H and O–H groups in total. The highest BCUT2D eigenvalue weighted by atomic mass is 32.3. The molecule has 2 rings (SSSR count). The van der Waals surface area contributed by atoms with Crippen LogP contribution in [0.5, 0.6) is 0 Å². The second kappa shape index (κ2) is 9.82. The van der Waals surface area contributed by atoms with Crippen molar-refractivity contribution in [3.63, 3.8) is 0 Å². The molecule has 0 aliphatic heterocycles. The molecule has 1 heterocycles. The molecule has 1 aromatic heterocycles. The Morgan fingerprint density at radius 2 is 2.00 bits per heavy atom. The van der Waals surface area contributed by atoms with Gasteiger partial charge in [-0.3, -0.25) is 0 Å². The molecule has 0 fully saturated rings. The largest absolute Gasteiger partial charge is 0.444 e. The first-order valence-electron chi connectivity index (χ1n) is 9.88. The van der Waals surface area contributed by atoms with Crippen LogP contribution in [0.2, 0.25) is 0 Å². The van der Waals surface area contributed by atoms with Crippen LogP contribution in [0.3, 0.4) is 0 Å². The van der Waals surface area contributed by atoms with Gasteiger partial charge in [-0.15, -0.1) is 0 Å². The van der Waals surface area contributed by atoms with Crippen LogP contribution in [-0.4, -0.2) is 58.9 Å². The lowest BCUT2D eigenvalue weighted by Crippen LogP contribution is -2.33. The Bertz CT molecular complexity index is 822. The minimum absolute atomic E-state index is 0.345. The van der Waals surface area contributed by atoms with E-state index in [9.17, 15) is 4.79 Å². The summed E-state index contributed by atoms with van der Waals surface area (Å²) in [4.78, 5) is 16.6. The number of nitrogens with two attached hydrogens (primary N) is 1. The quantitative estimate of drug-likeness (QED) is 0.603. The summed E-state index contributed by atoms with van der Waals surface area (Å²) in [5.74, 6) is 1.87. The molecule has 2 aromatic rings. The second-order valence-corrected chi connectivity index (χ2v) is 13.5. The van der Waals surface area contributed by atoms with Gasteiger partial charge in [0.15, 0.2) is 0 Å². The number of fused-ring (bicyclic) bond motifs is 1. The van der Waals surface area contributed by atoms with Gasteiger partial charge in [0.25, 0.3) is 0 Å². The highest BCUT2D eigenvalue weighted by molar-refractivity contribution is 8.32. The molecule has 7 nitrogen and oxygen atoms in total. The number of amides is 1. The minimum atomic E-state index is -0.578. The monoisotopic (exact) mass is 424 g/mol. The fourth-order valence-corrected chi connectivity index (χ4v) is 3.45. The number of alkyl carbamates (subject to hydrolysis) is 1. The Hall–Kier alpha value is -1.77. The minimum Gasteiger partial charge on any atom is -0.444 e. The smallest absolute Gasteiger partial charge is 0.407 e. The number of aromatic nitrogens is 2. The van der Waals surface area contributed by atoms with Crippen LogP contribution in [-0.2, 0) is 29.2 Å². The third kappa shape index (κ3) is 7.53. The van der Waals surface area contributed by atoms with Crippen LogP contribution in [0, 0.1) is 0 Å². The van der Waals surface area contributed by atoms with Crippen molar-refractivity contribution in [1.29, 1.82) is 0 Å².